The van der Waals surface area contributed by atoms with Crippen LogP contribution in [0.2, 0.25) is 0 Å². The van der Waals surface area contributed by atoms with Crippen LogP contribution < -0.4 is 5.32 Å². The van der Waals surface area contributed by atoms with E-state index in [0.717, 1.165) is 45.1 Å². The van der Waals surface area contributed by atoms with Gasteiger partial charge in [-0.25, -0.2) is 9.97 Å². The maximum Gasteiger partial charge on any atom is 0.221 e. The van der Waals surface area contributed by atoms with Crippen molar-refractivity contribution in [2.75, 3.05) is 6.54 Å². The van der Waals surface area contributed by atoms with E-state index in [0.29, 0.717) is 19.5 Å². The summed E-state index contributed by atoms with van der Waals surface area (Å²) in [5, 5.41) is 13.4. The number of carbonyl (C=O) groups is 1. The van der Waals surface area contributed by atoms with E-state index in [4.69, 9.17) is 9.97 Å². The number of benzene rings is 3. The van der Waals surface area contributed by atoms with Crippen LogP contribution in [-0.4, -0.2) is 32.1 Å². The number of carbonyl (C=O) groups excluding carboxylic acids is 1. The molecule has 0 bridgehead atoms. The van der Waals surface area contributed by atoms with Crippen LogP contribution in [0.15, 0.2) is 72.8 Å². The molecule has 0 aliphatic rings. The molecule has 0 aliphatic carbocycles. The first kappa shape index (κ1) is 19.1. The third-order valence-electron chi connectivity index (χ3n) is 5.49. The molecule has 3 aromatic carbocycles. The predicted molar refractivity (Wildman–Crippen MR) is 122 cm³/mol. The second kappa shape index (κ2) is 8.07. The van der Waals surface area contributed by atoms with E-state index in [2.05, 4.69) is 16.0 Å². The highest BCUT2D eigenvalue weighted by Gasteiger charge is 2.15. The van der Waals surface area contributed by atoms with E-state index in [1.165, 1.54) is 0 Å². The molecule has 5 aromatic rings. The Hall–Kier alpha value is -3.93. The predicted octanol–water partition coefficient (Wildman–Crippen LogP) is 4.19. The maximum atomic E-state index is 12.5. The van der Waals surface area contributed by atoms with Crippen LogP contribution >= 0.6 is 0 Å². The molecule has 0 saturated heterocycles. The van der Waals surface area contributed by atoms with Gasteiger partial charge in [-0.15, -0.1) is 0 Å². The summed E-state index contributed by atoms with van der Waals surface area (Å²) in [7, 11) is 0. The van der Waals surface area contributed by atoms with Gasteiger partial charge in [0.2, 0.25) is 5.91 Å². The number of hydrogen-bond donors (Lipinski definition) is 2. The second-order valence-electron chi connectivity index (χ2n) is 7.57. The molecule has 5 rings (SSSR count). The van der Waals surface area contributed by atoms with Crippen LogP contribution in [0.25, 0.3) is 33.1 Å². The average molecular weight is 410 g/mol. The molecule has 0 radical (unpaired) electrons. The Morgan fingerprint density at radius 2 is 1.61 bits per heavy atom. The SMILES string of the molecule is O=C(CCn1c2ccccc2c2nc3ccccc3nc21)NCCc1ccc(O)cc1. The summed E-state index contributed by atoms with van der Waals surface area (Å²) in [5.41, 5.74) is 5.48. The molecule has 0 aliphatic heterocycles. The van der Waals surface area contributed by atoms with Crippen LogP contribution in [0.1, 0.15) is 12.0 Å². The quantitative estimate of drug-likeness (QED) is 0.440. The van der Waals surface area contributed by atoms with Crippen LogP contribution in [0.3, 0.4) is 0 Å². The van der Waals surface area contributed by atoms with Gasteiger partial charge in [-0.2, -0.15) is 0 Å². The van der Waals surface area contributed by atoms with Crippen molar-refractivity contribution in [3.63, 3.8) is 0 Å². The lowest BCUT2D eigenvalue weighted by molar-refractivity contribution is -0.121. The number of aromatic hydroxyl groups is 1. The Morgan fingerprint density at radius 3 is 2.42 bits per heavy atom. The number of aromatic nitrogens is 3. The van der Waals surface area contributed by atoms with Gasteiger partial charge < -0.3 is 15.0 Å². The molecular weight excluding hydrogens is 388 g/mol. The number of nitrogens with one attached hydrogen (secondary N) is 1. The molecule has 0 saturated carbocycles. The number of hydrogen-bond acceptors (Lipinski definition) is 4. The van der Waals surface area contributed by atoms with Crippen molar-refractivity contribution in [3.05, 3.63) is 78.4 Å². The van der Waals surface area contributed by atoms with Crippen molar-refractivity contribution in [1.82, 2.24) is 19.9 Å². The van der Waals surface area contributed by atoms with Crippen LogP contribution in [0.4, 0.5) is 0 Å². The van der Waals surface area contributed by atoms with Crippen molar-refractivity contribution in [2.45, 2.75) is 19.4 Å². The highest BCUT2D eigenvalue weighted by molar-refractivity contribution is 6.06. The Morgan fingerprint density at radius 1 is 0.903 bits per heavy atom. The van der Waals surface area contributed by atoms with Crippen LogP contribution in [-0.2, 0) is 17.8 Å². The fourth-order valence-electron chi connectivity index (χ4n) is 3.92. The number of phenols is 1. The van der Waals surface area contributed by atoms with E-state index in [1.54, 1.807) is 12.1 Å². The number of fused-ring (bicyclic) bond motifs is 4. The molecule has 31 heavy (non-hydrogen) atoms. The highest BCUT2D eigenvalue weighted by atomic mass is 16.3. The minimum Gasteiger partial charge on any atom is -0.508 e. The Balaban J connectivity index is 1.35. The first-order valence-electron chi connectivity index (χ1n) is 10.4. The lowest BCUT2D eigenvalue weighted by Gasteiger charge is -2.08. The molecule has 0 fully saturated rings. The van der Waals surface area contributed by atoms with Crippen molar-refractivity contribution < 1.29 is 9.90 Å². The van der Waals surface area contributed by atoms with Gasteiger partial charge in [0.15, 0.2) is 5.65 Å². The molecule has 2 aromatic heterocycles. The van der Waals surface area contributed by atoms with Crippen molar-refractivity contribution >= 4 is 39.0 Å². The minimum atomic E-state index is -0.00143. The molecule has 2 N–H and O–H groups in total. The smallest absolute Gasteiger partial charge is 0.221 e. The van der Waals surface area contributed by atoms with Crippen LogP contribution in [0, 0.1) is 0 Å². The molecule has 6 heteroatoms. The first-order chi connectivity index (χ1) is 15.2. The van der Waals surface area contributed by atoms with Gasteiger partial charge >= 0.3 is 0 Å². The molecule has 154 valence electrons. The normalized spacial score (nSPS) is 11.4. The molecule has 0 unspecified atom stereocenters. The van der Waals surface area contributed by atoms with E-state index in [-0.39, 0.29) is 11.7 Å². The summed E-state index contributed by atoms with van der Waals surface area (Å²) in [6.45, 7) is 1.09. The maximum absolute atomic E-state index is 12.5. The highest BCUT2D eigenvalue weighted by Crippen LogP contribution is 2.28. The number of nitrogens with zero attached hydrogens (tertiary/aromatic N) is 3. The third-order valence-corrected chi connectivity index (χ3v) is 5.49. The average Bonchev–Trinajstić information content (AvgIpc) is 3.10. The fourth-order valence-corrected chi connectivity index (χ4v) is 3.92. The Bertz CT molecular complexity index is 1390. The summed E-state index contributed by atoms with van der Waals surface area (Å²) in [5.74, 6) is 0.244. The number of phenolic OH excluding ortho intramolecular Hbond substituents is 1. The van der Waals surface area contributed by atoms with Gasteiger partial charge in [0.1, 0.15) is 11.3 Å². The molecule has 6 nitrogen and oxygen atoms in total. The van der Waals surface area contributed by atoms with Gasteiger partial charge in [0.25, 0.3) is 0 Å². The molecule has 0 spiro atoms. The summed E-state index contributed by atoms with van der Waals surface area (Å²) < 4.78 is 2.09. The summed E-state index contributed by atoms with van der Waals surface area (Å²) in [6, 6.07) is 23.0. The zero-order valence-electron chi connectivity index (χ0n) is 17.0. The summed E-state index contributed by atoms with van der Waals surface area (Å²) >= 11 is 0. The van der Waals surface area contributed by atoms with Crippen molar-refractivity contribution in [2.24, 2.45) is 0 Å². The fraction of sp³-hybridized carbons (Fsp3) is 0.160. The third kappa shape index (κ3) is 3.80. The number of rotatable bonds is 6. The Kier molecular flexibility index (Phi) is 4.96. The second-order valence-corrected chi connectivity index (χ2v) is 7.57. The lowest BCUT2D eigenvalue weighted by Crippen LogP contribution is -2.26. The number of para-hydroxylation sites is 3. The zero-order valence-corrected chi connectivity index (χ0v) is 17.0. The topological polar surface area (TPSA) is 80.0 Å². The van der Waals surface area contributed by atoms with Gasteiger partial charge in [-0.1, -0.05) is 42.5 Å². The van der Waals surface area contributed by atoms with E-state index < -0.39 is 0 Å². The first-order valence-corrected chi connectivity index (χ1v) is 10.4. The number of amides is 1. The van der Waals surface area contributed by atoms with Crippen LogP contribution in [0.5, 0.6) is 5.75 Å². The van der Waals surface area contributed by atoms with E-state index in [9.17, 15) is 9.90 Å². The zero-order chi connectivity index (χ0) is 21.2. The van der Waals surface area contributed by atoms with Gasteiger partial charge in [0, 0.05) is 24.9 Å². The largest absolute Gasteiger partial charge is 0.508 e. The minimum absolute atomic E-state index is 0.00143. The molecule has 0 atom stereocenters. The Labute approximate surface area is 179 Å². The molecule has 1 amide bonds. The van der Waals surface area contributed by atoms with Gasteiger partial charge in [-0.3, -0.25) is 4.79 Å². The van der Waals surface area contributed by atoms with E-state index >= 15 is 0 Å². The molecular formula is C25H22N4O2. The summed E-state index contributed by atoms with van der Waals surface area (Å²) in [4.78, 5) is 22.2. The lowest BCUT2D eigenvalue weighted by atomic mass is 10.1. The number of aryl methyl sites for hydroxylation is 1. The monoisotopic (exact) mass is 410 g/mol. The van der Waals surface area contributed by atoms with Crippen molar-refractivity contribution in [3.8, 4) is 5.75 Å². The standard InChI is InChI=1S/C25H22N4O2/c30-18-11-9-17(10-12-18)13-15-26-23(31)14-16-29-22-8-4-1-5-19(22)24-25(29)28-21-7-3-2-6-20(21)27-24/h1-12,30H,13-16H2,(H,26,31). The van der Waals surface area contributed by atoms with Gasteiger partial charge in [0.05, 0.1) is 16.6 Å². The van der Waals surface area contributed by atoms with E-state index in [1.807, 2.05) is 54.6 Å². The van der Waals surface area contributed by atoms with Gasteiger partial charge in [-0.05, 0) is 42.3 Å². The van der Waals surface area contributed by atoms with Crippen molar-refractivity contribution in [1.29, 1.82) is 0 Å². The molecule has 2 heterocycles. The summed E-state index contributed by atoms with van der Waals surface area (Å²) in [6.07, 6.45) is 1.08.